The van der Waals surface area contributed by atoms with Crippen LogP contribution in [0.15, 0.2) is 42.7 Å². The van der Waals surface area contributed by atoms with Gasteiger partial charge in [0.15, 0.2) is 0 Å². The summed E-state index contributed by atoms with van der Waals surface area (Å²) in [6, 6.07) is 8.70. The monoisotopic (exact) mass is 309 g/mol. The third-order valence-corrected chi connectivity index (χ3v) is 3.98. The summed E-state index contributed by atoms with van der Waals surface area (Å²) in [4.78, 5) is 10.4. The van der Waals surface area contributed by atoms with Gasteiger partial charge in [-0.3, -0.25) is 14.2 Å². The minimum atomic E-state index is -3.66. The Hall–Kier alpha value is -2.35. The zero-order chi connectivity index (χ0) is 15.3. The van der Waals surface area contributed by atoms with Crippen molar-refractivity contribution >= 4 is 21.7 Å². The predicted octanol–water partition coefficient (Wildman–Crippen LogP) is 1.15. The van der Waals surface area contributed by atoms with Crippen LogP contribution in [0, 0.1) is 0 Å². The van der Waals surface area contributed by atoms with Crippen molar-refractivity contribution in [1.82, 2.24) is 9.78 Å². The van der Waals surface area contributed by atoms with Gasteiger partial charge in [-0.15, -0.1) is 0 Å². The van der Waals surface area contributed by atoms with Crippen LogP contribution in [0.3, 0.4) is 0 Å². The van der Waals surface area contributed by atoms with Crippen LogP contribution in [-0.2, 0) is 21.4 Å². The van der Waals surface area contributed by atoms with Gasteiger partial charge in [0.2, 0.25) is 10.0 Å². The molecule has 2 N–H and O–H groups in total. The lowest BCUT2D eigenvalue weighted by Gasteiger charge is -2.09. The van der Waals surface area contributed by atoms with Gasteiger partial charge in [0.1, 0.15) is 0 Å². The Morgan fingerprint density at radius 1 is 1.33 bits per heavy atom. The second kappa shape index (κ2) is 6.40. The van der Waals surface area contributed by atoms with E-state index in [1.54, 1.807) is 35.1 Å². The fraction of sp³-hybridized carbons (Fsp3) is 0.231. The van der Waals surface area contributed by atoms with Crippen LogP contribution in [0.2, 0.25) is 0 Å². The topological polar surface area (TPSA) is 101 Å². The van der Waals surface area contributed by atoms with Crippen molar-refractivity contribution in [2.24, 2.45) is 0 Å². The Labute approximate surface area is 122 Å². The highest BCUT2D eigenvalue weighted by Gasteiger charge is 2.13. The SMILES string of the molecule is O=C(O)CCS(=O)(=O)Nc1cccc(Cn2cccn2)c1. The molecule has 1 aromatic carbocycles. The molecule has 0 bridgehead atoms. The summed E-state index contributed by atoms with van der Waals surface area (Å²) in [5, 5.41) is 12.6. The van der Waals surface area contributed by atoms with Gasteiger partial charge in [-0.1, -0.05) is 12.1 Å². The van der Waals surface area contributed by atoms with Gasteiger partial charge in [0.05, 0.1) is 18.7 Å². The van der Waals surface area contributed by atoms with E-state index in [0.29, 0.717) is 12.2 Å². The maximum atomic E-state index is 11.7. The number of rotatable bonds is 7. The van der Waals surface area contributed by atoms with Crippen molar-refractivity contribution in [3.05, 3.63) is 48.3 Å². The highest BCUT2D eigenvalue weighted by atomic mass is 32.2. The van der Waals surface area contributed by atoms with E-state index in [4.69, 9.17) is 5.11 Å². The predicted molar refractivity (Wildman–Crippen MR) is 77.4 cm³/mol. The molecule has 7 nitrogen and oxygen atoms in total. The standard InChI is InChI=1S/C13H15N3O4S/c17-13(18)5-8-21(19,20)15-12-4-1-3-11(9-12)10-16-7-2-6-14-16/h1-4,6-7,9,15H,5,8,10H2,(H,17,18). The molecule has 0 spiro atoms. The second-order valence-corrected chi connectivity index (χ2v) is 6.31. The van der Waals surface area contributed by atoms with Crippen LogP contribution in [0.4, 0.5) is 5.69 Å². The average molecular weight is 309 g/mol. The molecule has 2 rings (SSSR count). The first-order chi connectivity index (χ1) is 9.94. The molecule has 0 aliphatic heterocycles. The number of anilines is 1. The third kappa shape index (κ3) is 4.92. The zero-order valence-corrected chi connectivity index (χ0v) is 12.0. The maximum absolute atomic E-state index is 11.7. The molecule has 0 radical (unpaired) electrons. The van der Waals surface area contributed by atoms with Gasteiger partial charge < -0.3 is 5.11 Å². The Morgan fingerprint density at radius 3 is 2.81 bits per heavy atom. The van der Waals surface area contributed by atoms with Crippen molar-refractivity contribution in [3.8, 4) is 0 Å². The largest absolute Gasteiger partial charge is 0.481 e. The number of sulfonamides is 1. The third-order valence-electron chi connectivity index (χ3n) is 2.69. The zero-order valence-electron chi connectivity index (χ0n) is 11.1. The van der Waals surface area contributed by atoms with Crippen LogP contribution in [0.1, 0.15) is 12.0 Å². The molecule has 112 valence electrons. The highest BCUT2D eigenvalue weighted by Crippen LogP contribution is 2.13. The van der Waals surface area contributed by atoms with Gasteiger partial charge in [-0.25, -0.2) is 8.42 Å². The number of nitrogens with zero attached hydrogens (tertiary/aromatic N) is 2. The molecule has 0 amide bonds. The van der Waals surface area contributed by atoms with E-state index >= 15 is 0 Å². The number of carbonyl (C=O) groups is 1. The molecule has 1 heterocycles. The quantitative estimate of drug-likeness (QED) is 0.799. The molecule has 21 heavy (non-hydrogen) atoms. The number of aliphatic carboxylic acids is 1. The highest BCUT2D eigenvalue weighted by molar-refractivity contribution is 7.92. The summed E-state index contributed by atoms with van der Waals surface area (Å²) >= 11 is 0. The molecular weight excluding hydrogens is 294 g/mol. The Morgan fingerprint density at radius 2 is 2.14 bits per heavy atom. The molecule has 0 saturated carbocycles. The summed E-state index contributed by atoms with van der Waals surface area (Å²) < 4.78 is 27.6. The number of aromatic nitrogens is 2. The molecule has 0 aliphatic carbocycles. The van der Waals surface area contributed by atoms with E-state index in [1.165, 1.54) is 0 Å². The maximum Gasteiger partial charge on any atom is 0.304 e. The Bertz CT molecular complexity index is 711. The van der Waals surface area contributed by atoms with Crippen LogP contribution in [0.5, 0.6) is 0 Å². The first-order valence-electron chi connectivity index (χ1n) is 6.23. The fourth-order valence-corrected chi connectivity index (χ4v) is 2.80. The Balaban J connectivity index is 2.05. The molecule has 0 unspecified atom stereocenters. The molecule has 1 aromatic heterocycles. The van der Waals surface area contributed by atoms with Crippen LogP contribution < -0.4 is 4.72 Å². The molecule has 0 aliphatic rings. The summed E-state index contributed by atoms with van der Waals surface area (Å²) in [5.41, 5.74) is 1.29. The first-order valence-corrected chi connectivity index (χ1v) is 7.88. The van der Waals surface area contributed by atoms with E-state index in [1.807, 2.05) is 12.3 Å². The van der Waals surface area contributed by atoms with Crippen LogP contribution in [-0.4, -0.2) is 35.0 Å². The van der Waals surface area contributed by atoms with E-state index in [9.17, 15) is 13.2 Å². The van der Waals surface area contributed by atoms with Crippen molar-refractivity contribution in [3.63, 3.8) is 0 Å². The van der Waals surface area contributed by atoms with E-state index < -0.39 is 28.2 Å². The molecule has 0 fully saturated rings. The Kier molecular flexibility index (Phi) is 4.59. The first kappa shape index (κ1) is 15.0. The minimum Gasteiger partial charge on any atom is -0.481 e. The van der Waals surface area contributed by atoms with Crippen LogP contribution >= 0.6 is 0 Å². The van der Waals surface area contributed by atoms with E-state index in [0.717, 1.165) is 5.56 Å². The smallest absolute Gasteiger partial charge is 0.304 e. The van der Waals surface area contributed by atoms with Crippen molar-refractivity contribution in [1.29, 1.82) is 0 Å². The van der Waals surface area contributed by atoms with Gasteiger partial charge in [-0.2, -0.15) is 5.10 Å². The minimum absolute atomic E-state index is 0.407. The number of benzene rings is 1. The molecule has 0 atom stereocenters. The van der Waals surface area contributed by atoms with Crippen molar-refractivity contribution in [2.75, 3.05) is 10.5 Å². The lowest BCUT2D eigenvalue weighted by Crippen LogP contribution is -2.19. The normalized spacial score (nSPS) is 11.2. The molecular formula is C13H15N3O4S. The molecule has 2 aromatic rings. The molecule has 8 heteroatoms. The average Bonchev–Trinajstić information content (AvgIpc) is 2.89. The fourth-order valence-electron chi connectivity index (χ4n) is 1.77. The van der Waals surface area contributed by atoms with E-state index in [2.05, 4.69) is 9.82 Å². The van der Waals surface area contributed by atoms with Gasteiger partial charge in [-0.05, 0) is 23.8 Å². The number of hydrogen-bond acceptors (Lipinski definition) is 4. The van der Waals surface area contributed by atoms with E-state index in [-0.39, 0.29) is 0 Å². The lowest BCUT2D eigenvalue weighted by molar-refractivity contribution is -0.136. The van der Waals surface area contributed by atoms with Gasteiger partial charge in [0.25, 0.3) is 0 Å². The number of nitrogens with one attached hydrogen (secondary N) is 1. The summed E-state index contributed by atoms with van der Waals surface area (Å²) in [7, 11) is -3.66. The number of hydrogen-bond donors (Lipinski definition) is 2. The molecule has 0 saturated heterocycles. The van der Waals surface area contributed by atoms with Gasteiger partial charge >= 0.3 is 5.97 Å². The van der Waals surface area contributed by atoms with Crippen molar-refractivity contribution in [2.45, 2.75) is 13.0 Å². The second-order valence-electron chi connectivity index (χ2n) is 4.47. The number of carboxylic acids is 1. The van der Waals surface area contributed by atoms with Crippen LogP contribution in [0.25, 0.3) is 0 Å². The summed E-state index contributed by atoms with van der Waals surface area (Å²) in [6.07, 6.45) is 3.05. The van der Waals surface area contributed by atoms with Crippen molar-refractivity contribution < 1.29 is 18.3 Å². The summed E-state index contributed by atoms with van der Waals surface area (Å²) in [6.45, 7) is 0.525. The lowest BCUT2D eigenvalue weighted by atomic mass is 10.2. The summed E-state index contributed by atoms with van der Waals surface area (Å²) in [5.74, 6) is -1.60. The number of carboxylic acid groups (broad SMARTS) is 1. The van der Waals surface area contributed by atoms with Gasteiger partial charge in [0, 0.05) is 18.1 Å².